The van der Waals surface area contributed by atoms with Crippen LogP contribution in [-0.4, -0.2) is 7.11 Å². The third-order valence-corrected chi connectivity index (χ3v) is 2.63. The monoisotopic (exact) mass is 257 g/mol. The first-order chi connectivity index (χ1) is 9.22. The minimum absolute atomic E-state index is 0.0771. The van der Waals surface area contributed by atoms with Gasteiger partial charge in [0.25, 0.3) is 0 Å². The van der Waals surface area contributed by atoms with Crippen molar-refractivity contribution in [3.8, 4) is 17.6 Å². The molecule has 0 aliphatic carbocycles. The predicted octanol–water partition coefficient (Wildman–Crippen LogP) is 3.28. The molecule has 0 bridgehead atoms. The average Bonchev–Trinajstić information content (AvgIpc) is 2.47. The van der Waals surface area contributed by atoms with E-state index in [0.717, 1.165) is 5.75 Å². The van der Waals surface area contributed by atoms with Gasteiger partial charge in [0.05, 0.1) is 18.7 Å². The largest absolute Gasteiger partial charge is 0.497 e. The summed E-state index contributed by atoms with van der Waals surface area (Å²) < 4.78 is 24.0. The Kier molecular flexibility index (Phi) is 3.99. The molecule has 0 radical (unpaired) electrons. The molecule has 19 heavy (non-hydrogen) atoms. The highest BCUT2D eigenvalue weighted by atomic mass is 19.1. The Morgan fingerprint density at radius 1 is 1.11 bits per heavy atom. The summed E-state index contributed by atoms with van der Waals surface area (Å²) in [6.07, 6.45) is 0. The molecule has 2 aromatic rings. The number of benzene rings is 2. The molecular formula is C15H12FNO2. The minimum atomic E-state index is -0.382. The molecule has 0 aliphatic rings. The van der Waals surface area contributed by atoms with E-state index in [0.29, 0.717) is 16.9 Å². The molecule has 2 rings (SSSR count). The van der Waals surface area contributed by atoms with Crippen LogP contribution in [0.3, 0.4) is 0 Å². The molecule has 0 spiro atoms. The highest BCUT2D eigenvalue weighted by Crippen LogP contribution is 2.19. The smallest absolute Gasteiger partial charge is 0.129 e. The van der Waals surface area contributed by atoms with Crippen LogP contribution in [0.2, 0.25) is 0 Å². The summed E-state index contributed by atoms with van der Waals surface area (Å²) in [6, 6.07) is 13.2. The molecular weight excluding hydrogens is 245 g/mol. The van der Waals surface area contributed by atoms with Crippen LogP contribution < -0.4 is 9.47 Å². The van der Waals surface area contributed by atoms with Crippen LogP contribution in [-0.2, 0) is 6.61 Å². The van der Waals surface area contributed by atoms with Gasteiger partial charge in [-0.05, 0) is 42.5 Å². The molecule has 0 atom stereocenters. The van der Waals surface area contributed by atoms with Crippen LogP contribution in [0.4, 0.5) is 4.39 Å². The lowest BCUT2D eigenvalue weighted by Crippen LogP contribution is -1.99. The summed E-state index contributed by atoms with van der Waals surface area (Å²) in [5.74, 6) is 0.958. The maximum atomic E-state index is 13.5. The molecule has 0 aliphatic heterocycles. The second-order valence-corrected chi connectivity index (χ2v) is 3.88. The fraction of sp³-hybridized carbons (Fsp3) is 0.133. The zero-order chi connectivity index (χ0) is 13.7. The number of rotatable bonds is 4. The summed E-state index contributed by atoms with van der Waals surface area (Å²) in [5.41, 5.74) is 0.768. The quantitative estimate of drug-likeness (QED) is 0.844. The SMILES string of the molecule is COc1ccc(OCc2cc(C#N)ccc2F)cc1. The van der Waals surface area contributed by atoms with Gasteiger partial charge in [-0.2, -0.15) is 5.26 Å². The van der Waals surface area contributed by atoms with E-state index in [1.54, 1.807) is 31.4 Å². The lowest BCUT2D eigenvalue weighted by atomic mass is 10.1. The van der Waals surface area contributed by atoms with Crippen molar-refractivity contribution in [2.24, 2.45) is 0 Å². The molecule has 0 amide bonds. The highest BCUT2D eigenvalue weighted by molar-refractivity contribution is 5.34. The highest BCUT2D eigenvalue weighted by Gasteiger charge is 2.05. The molecule has 0 aromatic heterocycles. The third kappa shape index (κ3) is 3.23. The van der Waals surface area contributed by atoms with E-state index in [-0.39, 0.29) is 12.4 Å². The van der Waals surface area contributed by atoms with Crippen molar-refractivity contribution >= 4 is 0 Å². The summed E-state index contributed by atoms with van der Waals surface area (Å²) in [5, 5.41) is 8.77. The Morgan fingerprint density at radius 2 is 1.79 bits per heavy atom. The number of ether oxygens (including phenoxy) is 2. The van der Waals surface area contributed by atoms with Crippen molar-refractivity contribution in [2.75, 3.05) is 7.11 Å². The summed E-state index contributed by atoms with van der Waals surface area (Å²) in [7, 11) is 1.58. The van der Waals surface area contributed by atoms with E-state index < -0.39 is 0 Å². The van der Waals surface area contributed by atoms with E-state index >= 15 is 0 Å². The second-order valence-electron chi connectivity index (χ2n) is 3.88. The molecule has 0 heterocycles. The first-order valence-corrected chi connectivity index (χ1v) is 5.68. The first kappa shape index (κ1) is 12.9. The number of methoxy groups -OCH3 is 1. The number of nitriles is 1. The molecule has 0 fully saturated rings. The van der Waals surface area contributed by atoms with E-state index in [9.17, 15) is 4.39 Å². The Morgan fingerprint density at radius 3 is 2.42 bits per heavy atom. The van der Waals surface area contributed by atoms with Crippen molar-refractivity contribution in [3.63, 3.8) is 0 Å². The summed E-state index contributed by atoms with van der Waals surface area (Å²) in [6.45, 7) is 0.0771. The molecule has 3 nitrogen and oxygen atoms in total. The van der Waals surface area contributed by atoms with E-state index in [4.69, 9.17) is 14.7 Å². The van der Waals surface area contributed by atoms with Crippen LogP contribution in [0.25, 0.3) is 0 Å². The summed E-state index contributed by atoms with van der Waals surface area (Å²) in [4.78, 5) is 0. The first-order valence-electron chi connectivity index (χ1n) is 5.68. The average molecular weight is 257 g/mol. The molecule has 96 valence electrons. The fourth-order valence-corrected chi connectivity index (χ4v) is 1.59. The predicted molar refractivity (Wildman–Crippen MR) is 68.4 cm³/mol. The number of hydrogen-bond donors (Lipinski definition) is 0. The Hall–Kier alpha value is -2.54. The van der Waals surface area contributed by atoms with Gasteiger partial charge in [-0.25, -0.2) is 4.39 Å². The minimum Gasteiger partial charge on any atom is -0.497 e. The molecule has 2 aromatic carbocycles. The lowest BCUT2D eigenvalue weighted by Gasteiger charge is -2.08. The van der Waals surface area contributed by atoms with Crippen molar-refractivity contribution in [1.29, 1.82) is 5.26 Å². The van der Waals surface area contributed by atoms with Crippen LogP contribution in [0, 0.1) is 17.1 Å². The maximum Gasteiger partial charge on any atom is 0.129 e. The van der Waals surface area contributed by atoms with Gasteiger partial charge >= 0.3 is 0 Å². The molecule has 0 saturated carbocycles. The van der Waals surface area contributed by atoms with Gasteiger partial charge in [0.15, 0.2) is 0 Å². The van der Waals surface area contributed by atoms with Crippen LogP contribution in [0.15, 0.2) is 42.5 Å². The van der Waals surface area contributed by atoms with E-state index in [2.05, 4.69) is 0 Å². The fourth-order valence-electron chi connectivity index (χ4n) is 1.59. The van der Waals surface area contributed by atoms with Crippen molar-refractivity contribution in [2.45, 2.75) is 6.61 Å². The lowest BCUT2D eigenvalue weighted by molar-refractivity contribution is 0.299. The van der Waals surface area contributed by atoms with Crippen LogP contribution >= 0.6 is 0 Å². The van der Waals surface area contributed by atoms with Gasteiger partial charge in [0.2, 0.25) is 0 Å². The Bertz CT molecular complexity index is 603. The Labute approximate surface area is 110 Å². The van der Waals surface area contributed by atoms with Gasteiger partial charge in [-0.3, -0.25) is 0 Å². The van der Waals surface area contributed by atoms with Gasteiger partial charge in [0, 0.05) is 5.56 Å². The Balaban J connectivity index is 2.07. The van der Waals surface area contributed by atoms with Crippen LogP contribution in [0.1, 0.15) is 11.1 Å². The van der Waals surface area contributed by atoms with E-state index in [1.807, 2.05) is 6.07 Å². The van der Waals surface area contributed by atoms with E-state index in [1.165, 1.54) is 18.2 Å². The standard InChI is InChI=1S/C15H12FNO2/c1-18-13-3-5-14(6-4-13)19-10-12-8-11(9-17)2-7-15(12)16/h2-8H,10H2,1H3. The normalized spacial score (nSPS) is 9.74. The zero-order valence-electron chi connectivity index (χ0n) is 10.4. The van der Waals surface area contributed by atoms with Crippen molar-refractivity contribution < 1.29 is 13.9 Å². The van der Waals surface area contributed by atoms with Crippen LogP contribution in [0.5, 0.6) is 11.5 Å². The number of hydrogen-bond acceptors (Lipinski definition) is 3. The van der Waals surface area contributed by atoms with Gasteiger partial charge < -0.3 is 9.47 Å². The topological polar surface area (TPSA) is 42.2 Å². The number of halogens is 1. The zero-order valence-corrected chi connectivity index (χ0v) is 10.4. The molecule has 4 heteroatoms. The molecule has 0 N–H and O–H groups in total. The van der Waals surface area contributed by atoms with Gasteiger partial charge in [-0.15, -0.1) is 0 Å². The maximum absolute atomic E-state index is 13.5. The van der Waals surface area contributed by atoms with Gasteiger partial charge in [-0.1, -0.05) is 0 Å². The molecule has 0 unspecified atom stereocenters. The summed E-state index contributed by atoms with van der Waals surface area (Å²) >= 11 is 0. The third-order valence-electron chi connectivity index (χ3n) is 2.63. The van der Waals surface area contributed by atoms with Gasteiger partial charge in [0.1, 0.15) is 23.9 Å². The second kappa shape index (κ2) is 5.87. The van der Waals surface area contributed by atoms with Crippen molar-refractivity contribution in [3.05, 3.63) is 59.4 Å². The number of nitrogens with zero attached hydrogens (tertiary/aromatic N) is 1. The van der Waals surface area contributed by atoms with Crippen molar-refractivity contribution in [1.82, 2.24) is 0 Å². The molecule has 0 saturated heterocycles.